The second-order valence-electron chi connectivity index (χ2n) is 5.85. The fourth-order valence-electron chi connectivity index (χ4n) is 3.34. The second kappa shape index (κ2) is 6.57. The Labute approximate surface area is 121 Å². The van der Waals surface area contributed by atoms with Gasteiger partial charge in [0.05, 0.1) is 5.54 Å². The van der Waals surface area contributed by atoms with Crippen molar-refractivity contribution in [3.05, 3.63) is 0 Å². The van der Waals surface area contributed by atoms with Gasteiger partial charge in [0.25, 0.3) is 0 Å². The molecule has 0 saturated carbocycles. The normalized spacial score (nSPS) is 27.5. The molecule has 1 atom stereocenters. The molecule has 0 aromatic rings. The van der Waals surface area contributed by atoms with E-state index in [0.717, 1.165) is 45.3 Å². The Morgan fingerprint density at radius 3 is 2.35 bits per heavy atom. The highest BCUT2D eigenvalue weighted by atomic mass is 16.2. The smallest absolute Gasteiger partial charge is 0.242 e. The van der Waals surface area contributed by atoms with Gasteiger partial charge in [-0.25, -0.2) is 0 Å². The molecule has 0 spiro atoms. The molecule has 0 aromatic heterocycles. The zero-order chi connectivity index (χ0) is 14.6. The summed E-state index contributed by atoms with van der Waals surface area (Å²) < 4.78 is 0. The van der Waals surface area contributed by atoms with Crippen molar-refractivity contribution in [3.8, 4) is 0 Å². The van der Waals surface area contributed by atoms with E-state index >= 15 is 0 Å². The minimum Gasteiger partial charge on any atom is -0.341 e. The van der Waals surface area contributed by atoms with Gasteiger partial charge in [-0.1, -0.05) is 13.8 Å². The molecule has 5 heteroatoms. The van der Waals surface area contributed by atoms with E-state index < -0.39 is 0 Å². The maximum atomic E-state index is 12.8. The molecule has 2 amide bonds. The van der Waals surface area contributed by atoms with Crippen LogP contribution in [0.5, 0.6) is 0 Å². The maximum absolute atomic E-state index is 12.8. The molecule has 1 unspecified atom stereocenters. The van der Waals surface area contributed by atoms with Crippen LogP contribution < -0.4 is 5.32 Å². The first-order chi connectivity index (χ1) is 9.63. The lowest BCUT2D eigenvalue weighted by Gasteiger charge is -2.33. The first-order valence-electron chi connectivity index (χ1n) is 7.95. The maximum Gasteiger partial charge on any atom is 0.242 e. The summed E-state index contributed by atoms with van der Waals surface area (Å²) in [4.78, 5) is 28.5. The molecular weight excluding hydrogens is 254 g/mol. The molecule has 1 N–H and O–H groups in total. The van der Waals surface area contributed by atoms with Crippen LogP contribution in [0.4, 0.5) is 0 Å². The molecule has 2 fully saturated rings. The number of amides is 2. The molecule has 5 nitrogen and oxygen atoms in total. The van der Waals surface area contributed by atoms with Crippen LogP contribution in [-0.2, 0) is 9.59 Å². The van der Waals surface area contributed by atoms with E-state index in [2.05, 4.69) is 12.2 Å². The lowest BCUT2D eigenvalue weighted by Crippen LogP contribution is -2.55. The molecule has 0 bridgehead atoms. The van der Waals surface area contributed by atoms with Gasteiger partial charge >= 0.3 is 0 Å². The average molecular weight is 281 g/mol. The van der Waals surface area contributed by atoms with Crippen molar-refractivity contribution in [1.29, 1.82) is 0 Å². The third-order valence-electron chi connectivity index (χ3n) is 4.69. The average Bonchev–Trinajstić information content (AvgIpc) is 2.84. The van der Waals surface area contributed by atoms with Gasteiger partial charge in [-0.05, 0) is 32.2 Å². The summed E-state index contributed by atoms with van der Waals surface area (Å²) in [6.07, 6.45) is 4.30. The zero-order valence-corrected chi connectivity index (χ0v) is 12.8. The van der Waals surface area contributed by atoms with E-state index in [1.54, 1.807) is 0 Å². The Balaban J connectivity index is 1.99. The summed E-state index contributed by atoms with van der Waals surface area (Å²) in [5.74, 6) is 0.437. The number of rotatable bonds is 3. The van der Waals surface area contributed by atoms with Gasteiger partial charge in [-0.2, -0.15) is 0 Å². The van der Waals surface area contributed by atoms with E-state index in [4.69, 9.17) is 0 Å². The number of carbonyl (C=O) groups excluding carboxylic acids is 2. The Hall–Kier alpha value is -1.10. The molecule has 0 aromatic carbocycles. The van der Waals surface area contributed by atoms with Crippen LogP contribution in [0.15, 0.2) is 0 Å². The lowest BCUT2D eigenvalue weighted by molar-refractivity contribution is -0.138. The minimum atomic E-state index is -0.343. The van der Waals surface area contributed by atoms with Crippen molar-refractivity contribution in [2.75, 3.05) is 32.7 Å². The molecule has 2 aliphatic rings. The SMILES string of the molecule is CCC(=O)N1CCCN(C(=O)C2(CC)CCCN2)CC1. The molecule has 2 saturated heterocycles. The summed E-state index contributed by atoms with van der Waals surface area (Å²) >= 11 is 0. The number of nitrogens with zero attached hydrogens (tertiary/aromatic N) is 2. The van der Waals surface area contributed by atoms with Gasteiger partial charge in [0, 0.05) is 32.6 Å². The summed E-state index contributed by atoms with van der Waals surface area (Å²) in [6.45, 7) is 7.82. The lowest BCUT2D eigenvalue weighted by atomic mass is 9.92. The van der Waals surface area contributed by atoms with Crippen LogP contribution in [0.25, 0.3) is 0 Å². The number of nitrogens with one attached hydrogen (secondary N) is 1. The topological polar surface area (TPSA) is 52.7 Å². The third kappa shape index (κ3) is 2.97. The fourth-order valence-corrected chi connectivity index (χ4v) is 3.34. The van der Waals surface area contributed by atoms with E-state index in [9.17, 15) is 9.59 Å². The largest absolute Gasteiger partial charge is 0.341 e. The molecule has 2 heterocycles. The minimum absolute atomic E-state index is 0.198. The summed E-state index contributed by atoms with van der Waals surface area (Å²) in [5.41, 5.74) is -0.343. The van der Waals surface area contributed by atoms with Crippen molar-refractivity contribution in [3.63, 3.8) is 0 Å². The second-order valence-corrected chi connectivity index (χ2v) is 5.85. The Morgan fingerprint density at radius 2 is 1.75 bits per heavy atom. The highest BCUT2D eigenvalue weighted by Crippen LogP contribution is 2.26. The van der Waals surface area contributed by atoms with Gasteiger partial charge < -0.3 is 15.1 Å². The highest BCUT2D eigenvalue weighted by Gasteiger charge is 2.41. The molecule has 0 radical (unpaired) electrons. The zero-order valence-electron chi connectivity index (χ0n) is 12.8. The molecule has 20 heavy (non-hydrogen) atoms. The van der Waals surface area contributed by atoms with Crippen LogP contribution in [0.1, 0.15) is 46.0 Å². The molecule has 2 aliphatic heterocycles. The van der Waals surface area contributed by atoms with Crippen molar-refractivity contribution < 1.29 is 9.59 Å². The third-order valence-corrected chi connectivity index (χ3v) is 4.69. The Bertz CT molecular complexity index is 364. The summed E-state index contributed by atoms with van der Waals surface area (Å²) in [6, 6.07) is 0. The van der Waals surface area contributed by atoms with Crippen LogP contribution in [0.3, 0.4) is 0 Å². The number of hydrogen-bond acceptors (Lipinski definition) is 3. The van der Waals surface area contributed by atoms with Crippen LogP contribution in [0, 0.1) is 0 Å². The predicted molar refractivity (Wildman–Crippen MR) is 78.3 cm³/mol. The van der Waals surface area contributed by atoms with Crippen LogP contribution in [-0.4, -0.2) is 59.9 Å². The first-order valence-corrected chi connectivity index (χ1v) is 7.95. The predicted octanol–water partition coefficient (Wildman–Crippen LogP) is 0.989. The molecule has 114 valence electrons. The standard InChI is InChI=1S/C15H27N3O2/c1-3-13(19)17-9-6-10-18(12-11-17)14(20)15(4-2)7-5-8-16-15/h16H,3-12H2,1-2H3. The van der Waals surface area contributed by atoms with E-state index in [1.165, 1.54) is 0 Å². The molecular formula is C15H27N3O2. The number of carbonyl (C=O) groups is 2. The highest BCUT2D eigenvalue weighted by molar-refractivity contribution is 5.87. The van der Waals surface area contributed by atoms with Gasteiger partial charge in [0.1, 0.15) is 0 Å². The van der Waals surface area contributed by atoms with Crippen molar-refractivity contribution in [2.24, 2.45) is 0 Å². The van der Waals surface area contributed by atoms with E-state index in [1.807, 2.05) is 16.7 Å². The Kier molecular flexibility index (Phi) is 5.02. The van der Waals surface area contributed by atoms with E-state index in [-0.39, 0.29) is 17.4 Å². The first kappa shape index (κ1) is 15.3. The van der Waals surface area contributed by atoms with Gasteiger partial charge in [-0.15, -0.1) is 0 Å². The van der Waals surface area contributed by atoms with Gasteiger partial charge in [-0.3, -0.25) is 9.59 Å². The fraction of sp³-hybridized carbons (Fsp3) is 0.867. The van der Waals surface area contributed by atoms with E-state index in [0.29, 0.717) is 19.5 Å². The summed E-state index contributed by atoms with van der Waals surface area (Å²) in [7, 11) is 0. The Morgan fingerprint density at radius 1 is 1.05 bits per heavy atom. The van der Waals surface area contributed by atoms with Crippen LogP contribution >= 0.6 is 0 Å². The monoisotopic (exact) mass is 281 g/mol. The van der Waals surface area contributed by atoms with Gasteiger partial charge in [0.15, 0.2) is 0 Å². The molecule has 0 aliphatic carbocycles. The van der Waals surface area contributed by atoms with Gasteiger partial charge in [0.2, 0.25) is 11.8 Å². The number of hydrogen-bond donors (Lipinski definition) is 1. The van der Waals surface area contributed by atoms with Crippen LogP contribution in [0.2, 0.25) is 0 Å². The van der Waals surface area contributed by atoms with Crippen molar-refractivity contribution >= 4 is 11.8 Å². The van der Waals surface area contributed by atoms with Crippen molar-refractivity contribution in [2.45, 2.75) is 51.5 Å². The molecule has 2 rings (SSSR count). The van der Waals surface area contributed by atoms with Crippen molar-refractivity contribution in [1.82, 2.24) is 15.1 Å². The summed E-state index contributed by atoms with van der Waals surface area (Å²) in [5, 5.41) is 3.41. The quantitative estimate of drug-likeness (QED) is 0.839.